The van der Waals surface area contributed by atoms with E-state index in [1.54, 1.807) is 47.0 Å². The molecule has 1 amide bonds. The first-order chi connectivity index (χ1) is 16.8. The Morgan fingerprint density at radius 3 is 2.49 bits per heavy atom. The van der Waals surface area contributed by atoms with E-state index in [0.29, 0.717) is 38.8 Å². The Hall–Kier alpha value is -3.42. The number of Topliss-reactive ketones (excluding diaryl/α,β-unsaturated/α-hetero) is 1. The summed E-state index contributed by atoms with van der Waals surface area (Å²) >= 11 is 7.22. The van der Waals surface area contributed by atoms with Crippen molar-refractivity contribution in [2.75, 3.05) is 5.75 Å². The Balaban J connectivity index is 1.73. The number of benzene rings is 3. The van der Waals surface area contributed by atoms with Gasteiger partial charge in [-0.1, -0.05) is 65.8 Å². The topological polar surface area (TPSA) is 81.1 Å². The lowest BCUT2D eigenvalue weighted by atomic mass is 10.1. The minimum atomic E-state index is -0.234. The number of nitrogens with one attached hydrogen (secondary N) is 1. The van der Waals surface area contributed by atoms with Gasteiger partial charge in [0.05, 0.1) is 23.2 Å². The number of carbonyl (C=O) groups is 2. The van der Waals surface area contributed by atoms with Gasteiger partial charge in [-0.25, -0.2) is 4.98 Å². The van der Waals surface area contributed by atoms with Crippen LogP contribution in [0.5, 0.6) is 0 Å². The quantitative estimate of drug-likeness (QED) is 0.202. The van der Waals surface area contributed by atoms with E-state index in [-0.39, 0.29) is 29.0 Å². The summed E-state index contributed by atoms with van der Waals surface area (Å²) in [7, 11) is 0. The lowest BCUT2D eigenvalue weighted by Crippen LogP contribution is -2.30. The summed E-state index contributed by atoms with van der Waals surface area (Å²) in [6.45, 7) is 4.07. The van der Waals surface area contributed by atoms with E-state index in [1.807, 2.05) is 44.2 Å². The van der Waals surface area contributed by atoms with Gasteiger partial charge in [0.2, 0.25) is 0 Å². The Morgan fingerprint density at radius 2 is 1.77 bits per heavy atom. The van der Waals surface area contributed by atoms with Gasteiger partial charge >= 0.3 is 0 Å². The maximum Gasteiger partial charge on any atom is 0.262 e. The molecule has 1 heterocycles. The Labute approximate surface area is 212 Å². The number of amides is 1. The summed E-state index contributed by atoms with van der Waals surface area (Å²) in [5, 5.41) is 4.15. The first kappa shape index (κ1) is 24.7. The van der Waals surface area contributed by atoms with Crippen LogP contribution in [0.4, 0.5) is 0 Å². The SMILES string of the molecule is CC(C)NC(=O)c1ccc2c(=O)n(Cc3ccccc3)c(SCC(=O)c3cccc(Cl)c3)nc2c1. The molecule has 3 aromatic carbocycles. The van der Waals surface area contributed by atoms with Crippen LogP contribution in [-0.2, 0) is 6.54 Å². The summed E-state index contributed by atoms with van der Waals surface area (Å²) in [4.78, 5) is 43.5. The third-order valence-electron chi connectivity index (χ3n) is 5.26. The van der Waals surface area contributed by atoms with Crippen molar-refractivity contribution >= 4 is 46.0 Å². The molecule has 0 saturated heterocycles. The van der Waals surface area contributed by atoms with Gasteiger partial charge in [-0.05, 0) is 49.7 Å². The molecule has 0 bridgehead atoms. The number of hydrogen-bond donors (Lipinski definition) is 1. The molecule has 35 heavy (non-hydrogen) atoms. The molecule has 4 aromatic rings. The maximum absolute atomic E-state index is 13.5. The first-order valence-electron chi connectivity index (χ1n) is 11.1. The van der Waals surface area contributed by atoms with Crippen LogP contribution in [0.25, 0.3) is 10.9 Å². The molecule has 178 valence electrons. The number of carbonyl (C=O) groups excluding carboxylic acids is 2. The Kier molecular flexibility index (Phi) is 7.68. The van der Waals surface area contributed by atoms with Gasteiger partial charge in [0, 0.05) is 22.2 Å². The van der Waals surface area contributed by atoms with E-state index in [4.69, 9.17) is 16.6 Å². The molecule has 0 unspecified atom stereocenters. The second-order valence-electron chi connectivity index (χ2n) is 8.35. The smallest absolute Gasteiger partial charge is 0.262 e. The average Bonchev–Trinajstić information content (AvgIpc) is 2.84. The zero-order valence-electron chi connectivity index (χ0n) is 19.3. The van der Waals surface area contributed by atoms with Crippen LogP contribution in [-0.4, -0.2) is 33.0 Å². The lowest BCUT2D eigenvalue weighted by Gasteiger charge is -2.14. The summed E-state index contributed by atoms with van der Waals surface area (Å²) in [6, 6.07) is 21.2. The van der Waals surface area contributed by atoms with E-state index < -0.39 is 0 Å². The number of aromatic nitrogens is 2. The van der Waals surface area contributed by atoms with Crippen molar-refractivity contribution in [3.05, 3.63) is 105 Å². The molecule has 0 fully saturated rings. The minimum Gasteiger partial charge on any atom is -0.350 e. The fourth-order valence-electron chi connectivity index (χ4n) is 3.58. The molecule has 0 aliphatic carbocycles. The van der Waals surface area contributed by atoms with Crippen molar-refractivity contribution in [3.63, 3.8) is 0 Å². The van der Waals surface area contributed by atoms with Crippen molar-refractivity contribution < 1.29 is 9.59 Å². The highest BCUT2D eigenvalue weighted by Crippen LogP contribution is 2.22. The number of thioether (sulfide) groups is 1. The van der Waals surface area contributed by atoms with Crippen molar-refractivity contribution in [2.45, 2.75) is 31.6 Å². The molecule has 1 N–H and O–H groups in total. The van der Waals surface area contributed by atoms with Crippen LogP contribution in [0.1, 0.15) is 40.1 Å². The Bertz CT molecular complexity index is 1450. The standard InChI is InChI=1S/C27H24ClN3O3S/c1-17(2)29-25(33)20-11-12-22-23(14-20)30-27(31(26(22)34)15-18-7-4-3-5-8-18)35-16-24(32)19-9-6-10-21(28)13-19/h3-14,17H,15-16H2,1-2H3,(H,29,33). The maximum atomic E-state index is 13.5. The molecule has 0 aliphatic rings. The van der Waals surface area contributed by atoms with Crippen LogP contribution in [0.15, 0.2) is 82.7 Å². The van der Waals surface area contributed by atoms with Crippen molar-refractivity contribution in [3.8, 4) is 0 Å². The lowest BCUT2D eigenvalue weighted by molar-refractivity contribution is 0.0942. The summed E-state index contributed by atoms with van der Waals surface area (Å²) in [5.41, 5.74) is 2.03. The highest BCUT2D eigenvalue weighted by molar-refractivity contribution is 7.99. The third kappa shape index (κ3) is 5.99. The minimum absolute atomic E-state index is 0.0198. The Morgan fingerprint density at radius 1 is 1.00 bits per heavy atom. The number of nitrogens with zero attached hydrogens (tertiary/aromatic N) is 2. The summed E-state index contributed by atoms with van der Waals surface area (Å²) in [5.74, 6) is -0.272. The number of halogens is 1. The molecule has 8 heteroatoms. The number of ketones is 1. The molecule has 0 atom stereocenters. The summed E-state index contributed by atoms with van der Waals surface area (Å²) < 4.78 is 1.57. The molecule has 6 nitrogen and oxygen atoms in total. The zero-order chi connectivity index (χ0) is 24.9. The second-order valence-corrected chi connectivity index (χ2v) is 9.73. The first-order valence-corrected chi connectivity index (χ1v) is 12.5. The molecule has 0 aliphatic heterocycles. The zero-order valence-corrected chi connectivity index (χ0v) is 20.9. The van der Waals surface area contributed by atoms with Crippen molar-refractivity contribution in [1.29, 1.82) is 0 Å². The monoisotopic (exact) mass is 505 g/mol. The largest absolute Gasteiger partial charge is 0.350 e. The number of rotatable bonds is 8. The molecule has 0 spiro atoms. The molecular formula is C27H24ClN3O3S. The third-order valence-corrected chi connectivity index (χ3v) is 6.48. The van der Waals surface area contributed by atoms with Gasteiger partial charge in [-0.15, -0.1) is 0 Å². The van der Waals surface area contributed by atoms with E-state index in [1.165, 1.54) is 11.8 Å². The molecule has 0 saturated carbocycles. The van der Waals surface area contributed by atoms with Crippen LogP contribution >= 0.6 is 23.4 Å². The normalized spacial score (nSPS) is 11.1. The van der Waals surface area contributed by atoms with Crippen LogP contribution in [0.2, 0.25) is 5.02 Å². The highest BCUT2D eigenvalue weighted by Gasteiger charge is 2.17. The molecular weight excluding hydrogens is 482 g/mol. The molecule has 4 rings (SSSR count). The number of hydrogen-bond acceptors (Lipinski definition) is 5. The van der Waals surface area contributed by atoms with Gasteiger partial charge in [0.15, 0.2) is 10.9 Å². The fourth-order valence-corrected chi connectivity index (χ4v) is 4.66. The van der Waals surface area contributed by atoms with Gasteiger partial charge in [-0.3, -0.25) is 19.0 Å². The van der Waals surface area contributed by atoms with E-state index in [0.717, 1.165) is 5.56 Å². The van der Waals surface area contributed by atoms with Gasteiger partial charge in [0.25, 0.3) is 11.5 Å². The predicted octanol–water partition coefficient (Wildman–Crippen LogP) is 5.21. The summed E-state index contributed by atoms with van der Waals surface area (Å²) in [6.07, 6.45) is 0. The van der Waals surface area contributed by atoms with Crippen molar-refractivity contribution in [2.24, 2.45) is 0 Å². The van der Waals surface area contributed by atoms with E-state index in [9.17, 15) is 14.4 Å². The predicted molar refractivity (Wildman–Crippen MR) is 141 cm³/mol. The van der Waals surface area contributed by atoms with Gasteiger partial charge in [-0.2, -0.15) is 0 Å². The van der Waals surface area contributed by atoms with Crippen LogP contribution in [0, 0.1) is 0 Å². The average molecular weight is 506 g/mol. The number of fused-ring (bicyclic) bond motifs is 1. The van der Waals surface area contributed by atoms with Crippen LogP contribution in [0.3, 0.4) is 0 Å². The highest BCUT2D eigenvalue weighted by atomic mass is 35.5. The molecule has 0 radical (unpaired) electrons. The van der Waals surface area contributed by atoms with E-state index in [2.05, 4.69) is 5.32 Å². The molecule has 1 aromatic heterocycles. The van der Waals surface area contributed by atoms with Gasteiger partial charge in [0.1, 0.15) is 0 Å². The fraction of sp³-hybridized carbons (Fsp3) is 0.185. The van der Waals surface area contributed by atoms with E-state index >= 15 is 0 Å². The van der Waals surface area contributed by atoms with Crippen molar-refractivity contribution in [1.82, 2.24) is 14.9 Å². The second kappa shape index (κ2) is 10.9. The van der Waals surface area contributed by atoms with Crippen LogP contribution < -0.4 is 10.9 Å². The van der Waals surface area contributed by atoms with Gasteiger partial charge < -0.3 is 5.32 Å².